The molecule has 92 valence electrons. The lowest BCUT2D eigenvalue weighted by molar-refractivity contribution is 0.102. The molecule has 0 bridgehead atoms. The second-order valence-corrected chi connectivity index (χ2v) is 4.83. The number of amides is 1. The van der Waals surface area contributed by atoms with Gasteiger partial charge in [0.25, 0.3) is 5.91 Å². The van der Waals surface area contributed by atoms with Crippen LogP contribution in [0.2, 0.25) is 0 Å². The molecule has 2 rings (SSSR count). The number of nitrogens with one attached hydrogen (secondary N) is 1. The number of benzene rings is 2. The normalized spacial score (nSPS) is 9.89. The van der Waals surface area contributed by atoms with Crippen molar-refractivity contribution in [3.8, 4) is 5.75 Å². The van der Waals surface area contributed by atoms with Gasteiger partial charge in [-0.15, -0.1) is 0 Å². The fraction of sp³-hybridized carbons (Fsp3) is 0.0714. The number of carbonyl (C=O) groups is 1. The predicted molar refractivity (Wildman–Crippen MR) is 80.1 cm³/mol. The maximum absolute atomic E-state index is 11.9. The van der Waals surface area contributed by atoms with Gasteiger partial charge in [-0.2, -0.15) is 0 Å². The third kappa shape index (κ3) is 3.01. The molecule has 0 spiro atoms. The Morgan fingerprint density at radius 1 is 1.17 bits per heavy atom. The van der Waals surface area contributed by atoms with Crippen LogP contribution in [0.25, 0.3) is 0 Å². The molecule has 2 aromatic rings. The molecule has 0 aliphatic carbocycles. The van der Waals surface area contributed by atoms with Crippen LogP contribution in [-0.4, -0.2) is 13.0 Å². The first-order valence-electron chi connectivity index (χ1n) is 5.40. The summed E-state index contributed by atoms with van der Waals surface area (Å²) in [5.41, 5.74) is 1.36. The number of rotatable bonds is 3. The Hall–Kier alpha value is -1.56. The zero-order chi connectivity index (χ0) is 13.0. The Bertz CT molecular complexity index is 555. The molecule has 0 aromatic heterocycles. The molecular formula is C14H12INO2. The van der Waals surface area contributed by atoms with Gasteiger partial charge in [-0.1, -0.05) is 18.2 Å². The largest absolute Gasteiger partial charge is 0.496 e. The van der Waals surface area contributed by atoms with Crippen molar-refractivity contribution in [2.75, 3.05) is 12.4 Å². The molecule has 0 saturated carbocycles. The summed E-state index contributed by atoms with van der Waals surface area (Å²) in [6, 6.07) is 14.7. The van der Waals surface area contributed by atoms with Crippen LogP contribution in [0.4, 0.5) is 5.69 Å². The number of anilines is 1. The van der Waals surface area contributed by atoms with Crippen molar-refractivity contribution < 1.29 is 9.53 Å². The third-order valence-electron chi connectivity index (χ3n) is 2.44. The van der Waals surface area contributed by atoms with E-state index in [0.717, 1.165) is 15.0 Å². The Morgan fingerprint density at radius 2 is 1.89 bits per heavy atom. The average molecular weight is 353 g/mol. The van der Waals surface area contributed by atoms with Gasteiger partial charge in [0.05, 0.1) is 10.7 Å². The number of hydrogen-bond donors (Lipinski definition) is 1. The minimum atomic E-state index is -0.126. The fourth-order valence-corrected chi connectivity index (χ4v) is 2.09. The molecule has 0 aliphatic heterocycles. The highest BCUT2D eigenvalue weighted by molar-refractivity contribution is 14.1. The highest BCUT2D eigenvalue weighted by Gasteiger charge is 2.07. The first kappa shape index (κ1) is 12.9. The van der Waals surface area contributed by atoms with E-state index in [1.807, 2.05) is 36.4 Å². The molecule has 0 aliphatic rings. The van der Waals surface area contributed by atoms with Crippen molar-refractivity contribution in [2.45, 2.75) is 0 Å². The SMILES string of the molecule is COc1cc(NC(=O)c2ccccc2)ccc1I. The van der Waals surface area contributed by atoms with E-state index in [1.54, 1.807) is 19.2 Å². The van der Waals surface area contributed by atoms with E-state index in [-0.39, 0.29) is 5.91 Å². The number of carbonyl (C=O) groups excluding carboxylic acids is 1. The maximum atomic E-state index is 11.9. The molecule has 0 radical (unpaired) electrons. The number of halogens is 1. The van der Waals surface area contributed by atoms with Crippen LogP contribution >= 0.6 is 22.6 Å². The summed E-state index contributed by atoms with van der Waals surface area (Å²) in [5.74, 6) is 0.625. The summed E-state index contributed by atoms with van der Waals surface area (Å²) in [6.45, 7) is 0. The van der Waals surface area contributed by atoms with Crippen molar-refractivity contribution in [2.24, 2.45) is 0 Å². The lowest BCUT2D eigenvalue weighted by Crippen LogP contribution is -2.11. The van der Waals surface area contributed by atoms with Gasteiger partial charge in [-0.3, -0.25) is 4.79 Å². The zero-order valence-corrected chi connectivity index (χ0v) is 12.0. The molecule has 0 unspecified atom stereocenters. The molecule has 1 amide bonds. The Morgan fingerprint density at radius 3 is 2.56 bits per heavy atom. The number of ether oxygens (including phenoxy) is 1. The smallest absolute Gasteiger partial charge is 0.255 e. The van der Waals surface area contributed by atoms with Crippen molar-refractivity contribution in [3.63, 3.8) is 0 Å². The summed E-state index contributed by atoms with van der Waals surface area (Å²) in [7, 11) is 1.61. The van der Waals surface area contributed by atoms with Crippen molar-refractivity contribution in [1.29, 1.82) is 0 Å². The fourth-order valence-electron chi connectivity index (χ4n) is 1.53. The van der Waals surface area contributed by atoms with E-state index in [9.17, 15) is 4.79 Å². The lowest BCUT2D eigenvalue weighted by Gasteiger charge is -2.08. The zero-order valence-electron chi connectivity index (χ0n) is 9.81. The second-order valence-electron chi connectivity index (χ2n) is 3.67. The monoisotopic (exact) mass is 353 g/mol. The summed E-state index contributed by atoms with van der Waals surface area (Å²) in [6.07, 6.45) is 0. The van der Waals surface area contributed by atoms with Crippen LogP contribution in [0, 0.1) is 3.57 Å². The Balaban J connectivity index is 2.17. The molecule has 3 nitrogen and oxygen atoms in total. The van der Waals surface area contributed by atoms with Gasteiger partial charge in [-0.25, -0.2) is 0 Å². The van der Waals surface area contributed by atoms with Crippen LogP contribution in [0.15, 0.2) is 48.5 Å². The molecular weight excluding hydrogens is 341 g/mol. The van der Waals surface area contributed by atoms with Gasteiger partial charge < -0.3 is 10.1 Å². The van der Waals surface area contributed by atoms with Crippen molar-refractivity contribution >= 4 is 34.2 Å². The molecule has 0 saturated heterocycles. The molecule has 0 atom stereocenters. The van der Waals surface area contributed by atoms with E-state index in [4.69, 9.17) is 4.74 Å². The van der Waals surface area contributed by atoms with E-state index < -0.39 is 0 Å². The minimum absolute atomic E-state index is 0.126. The molecule has 1 N–H and O–H groups in total. The predicted octanol–water partition coefficient (Wildman–Crippen LogP) is 3.55. The van der Waals surface area contributed by atoms with Gasteiger partial charge in [-0.05, 0) is 46.9 Å². The first-order chi connectivity index (χ1) is 8.70. The summed E-state index contributed by atoms with van der Waals surface area (Å²) in [4.78, 5) is 11.9. The van der Waals surface area contributed by atoms with E-state index >= 15 is 0 Å². The minimum Gasteiger partial charge on any atom is -0.496 e. The van der Waals surface area contributed by atoms with Crippen molar-refractivity contribution in [1.82, 2.24) is 0 Å². The Kier molecular flexibility index (Phi) is 4.19. The average Bonchev–Trinajstić information content (AvgIpc) is 2.42. The van der Waals surface area contributed by atoms with Gasteiger partial charge >= 0.3 is 0 Å². The highest BCUT2D eigenvalue weighted by atomic mass is 127. The van der Waals surface area contributed by atoms with Gasteiger partial charge in [0.15, 0.2) is 0 Å². The van der Waals surface area contributed by atoms with Crippen LogP contribution < -0.4 is 10.1 Å². The summed E-state index contributed by atoms with van der Waals surface area (Å²) in [5, 5.41) is 2.84. The Labute approximate surface area is 119 Å². The topological polar surface area (TPSA) is 38.3 Å². The molecule has 4 heteroatoms. The van der Waals surface area contributed by atoms with Gasteiger partial charge in [0, 0.05) is 17.3 Å². The second kappa shape index (κ2) is 5.86. The lowest BCUT2D eigenvalue weighted by atomic mass is 10.2. The van der Waals surface area contributed by atoms with E-state index in [0.29, 0.717) is 5.56 Å². The quantitative estimate of drug-likeness (QED) is 0.857. The number of methoxy groups -OCH3 is 1. The maximum Gasteiger partial charge on any atom is 0.255 e. The van der Waals surface area contributed by atoms with E-state index in [2.05, 4.69) is 27.9 Å². The highest BCUT2D eigenvalue weighted by Crippen LogP contribution is 2.24. The van der Waals surface area contributed by atoms with Gasteiger partial charge in [0.1, 0.15) is 5.75 Å². The van der Waals surface area contributed by atoms with Gasteiger partial charge in [0.2, 0.25) is 0 Å². The molecule has 0 fully saturated rings. The summed E-state index contributed by atoms with van der Waals surface area (Å²) < 4.78 is 6.22. The number of hydrogen-bond acceptors (Lipinski definition) is 2. The van der Waals surface area contributed by atoms with Crippen LogP contribution in [-0.2, 0) is 0 Å². The van der Waals surface area contributed by atoms with Crippen LogP contribution in [0.5, 0.6) is 5.75 Å². The summed E-state index contributed by atoms with van der Waals surface area (Å²) >= 11 is 2.18. The first-order valence-corrected chi connectivity index (χ1v) is 6.48. The van der Waals surface area contributed by atoms with Crippen LogP contribution in [0.1, 0.15) is 10.4 Å². The molecule has 0 heterocycles. The van der Waals surface area contributed by atoms with E-state index in [1.165, 1.54) is 0 Å². The van der Waals surface area contributed by atoms with Crippen LogP contribution in [0.3, 0.4) is 0 Å². The molecule has 2 aromatic carbocycles. The van der Waals surface area contributed by atoms with Crippen molar-refractivity contribution in [3.05, 3.63) is 57.7 Å². The standard InChI is InChI=1S/C14H12INO2/c1-18-13-9-11(7-8-12(13)15)16-14(17)10-5-3-2-4-6-10/h2-9H,1H3,(H,16,17). The molecule has 18 heavy (non-hydrogen) atoms. The third-order valence-corrected chi connectivity index (χ3v) is 3.34.